The maximum Gasteiger partial charge on any atom is -0.00227 e. The molecule has 1 aliphatic heterocycles. The van der Waals surface area contributed by atoms with Crippen molar-refractivity contribution >= 4 is 12.4 Å². The van der Waals surface area contributed by atoms with Crippen LogP contribution in [0.3, 0.4) is 0 Å². The van der Waals surface area contributed by atoms with Crippen LogP contribution in [0.15, 0.2) is 0 Å². The average Bonchev–Trinajstić information content (AvgIpc) is 1.86. The molecule has 1 aliphatic rings. The lowest BCUT2D eigenvalue weighted by Crippen LogP contribution is -2.06. The van der Waals surface area contributed by atoms with Gasteiger partial charge in [-0.1, -0.05) is 6.92 Å². The topological polar surface area (TPSA) is 43.5 Å². The molecule has 1 rings (SSSR count). The summed E-state index contributed by atoms with van der Waals surface area (Å²) in [5.41, 5.74) is 0. The van der Waals surface area contributed by atoms with Gasteiger partial charge < -0.3 is 10.8 Å². The third kappa shape index (κ3) is 3.24. The zero-order valence-corrected chi connectivity index (χ0v) is 5.92. The molecule has 1 atom stereocenters. The summed E-state index contributed by atoms with van der Waals surface area (Å²) >= 11 is 0. The van der Waals surface area contributed by atoms with Crippen LogP contribution < -0.4 is 5.32 Å². The predicted molar refractivity (Wildman–Crippen MR) is 37.5 cm³/mol. The fourth-order valence-corrected chi connectivity index (χ4v) is 0.799. The van der Waals surface area contributed by atoms with Crippen LogP contribution in [0.4, 0.5) is 0 Å². The molecule has 52 valence electrons. The van der Waals surface area contributed by atoms with Crippen molar-refractivity contribution in [3.05, 3.63) is 0 Å². The third-order valence-electron chi connectivity index (χ3n) is 1.31. The van der Waals surface area contributed by atoms with E-state index in [0.717, 1.165) is 5.92 Å². The molecule has 3 heteroatoms. The highest BCUT2D eigenvalue weighted by atomic mass is 35.5. The summed E-state index contributed by atoms with van der Waals surface area (Å²) in [6, 6.07) is 0. The molecule has 2 nitrogen and oxygen atoms in total. The standard InChI is InChI=1S/C5H11N.ClH.H2O/c1-5-2-3-6-4-5;;/h5-6H,2-4H2,1H3;1H;1H2/t5-;;/m0../s1. The molecule has 0 amide bonds. The Balaban J connectivity index is 0. The maximum atomic E-state index is 3.27. The Labute approximate surface area is 56.4 Å². The van der Waals surface area contributed by atoms with Crippen LogP contribution in [0.25, 0.3) is 0 Å². The number of nitrogens with one attached hydrogen (secondary N) is 1. The summed E-state index contributed by atoms with van der Waals surface area (Å²) in [7, 11) is 0. The first-order chi connectivity index (χ1) is 2.89. The summed E-state index contributed by atoms with van der Waals surface area (Å²) in [5.74, 6) is 0.935. The van der Waals surface area contributed by atoms with Gasteiger partial charge in [-0.05, 0) is 25.4 Å². The quantitative estimate of drug-likeness (QED) is 0.513. The Morgan fingerprint density at radius 1 is 1.50 bits per heavy atom. The van der Waals surface area contributed by atoms with Gasteiger partial charge in [0.15, 0.2) is 0 Å². The lowest BCUT2D eigenvalue weighted by molar-refractivity contribution is 0.651. The van der Waals surface area contributed by atoms with E-state index in [4.69, 9.17) is 0 Å². The highest BCUT2D eigenvalue weighted by Crippen LogP contribution is 2.03. The van der Waals surface area contributed by atoms with E-state index in [9.17, 15) is 0 Å². The van der Waals surface area contributed by atoms with Crippen molar-refractivity contribution < 1.29 is 5.48 Å². The Morgan fingerprint density at radius 2 is 2.12 bits per heavy atom. The summed E-state index contributed by atoms with van der Waals surface area (Å²) in [5, 5.41) is 3.27. The minimum atomic E-state index is 0. The average molecular weight is 140 g/mol. The second kappa shape index (κ2) is 5.35. The Bertz CT molecular complexity index is 45.7. The van der Waals surface area contributed by atoms with Crippen molar-refractivity contribution in [3.8, 4) is 0 Å². The van der Waals surface area contributed by atoms with Crippen LogP contribution in [0.1, 0.15) is 13.3 Å². The lowest BCUT2D eigenvalue weighted by atomic mass is 10.2. The highest BCUT2D eigenvalue weighted by molar-refractivity contribution is 5.85. The normalized spacial score (nSPS) is 25.9. The van der Waals surface area contributed by atoms with Crippen molar-refractivity contribution in [2.75, 3.05) is 13.1 Å². The van der Waals surface area contributed by atoms with Crippen molar-refractivity contribution in [1.29, 1.82) is 0 Å². The summed E-state index contributed by atoms with van der Waals surface area (Å²) in [6.07, 6.45) is 1.38. The van der Waals surface area contributed by atoms with Gasteiger partial charge in [0.05, 0.1) is 0 Å². The van der Waals surface area contributed by atoms with Crippen LogP contribution in [-0.2, 0) is 0 Å². The van der Waals surface area contributed by atoms with Gasteiger partial charge in [0, 0.05) is 0 Å². The van der Waals surface area contributed by atoms with Crippen LogP contribution in [0, 0.1) is 5.92 Å². The number of halogens is 1. The van der Waals surface area contributed by atoms with Gasteiger partial charge in [0.25, 0.3) is 0 Å². The van der Waals surface area contributed by atoms with Crippen LogP contribution in [-0.4, -0.2) is 18.6 Å². The fraction of sp³-hybridized carbons (Fsp3) is 1.00. The largest absolute Gasteiger partial charge is 0.412 e. The van der Waals surface area contributed by atoms with Gasteiger partial charge in [-0.25, -0.2) is 0 Å². The Kier molecular flexibility index (Phi) is 7.40. The van der Waals surface area contributed by atoms with Gasteiger partial charge in [0.1, 0.15) is 0 Å². The molecule has 0 radical (unpaired) electrons. The molecule has 3 N–H and O–H groups in total. The molecule has 0 unspecified atom stereocenters. The van der Waals surface area contributed by atoms with Crippen molar-refractivity contribution in [2.45, 2.75) is 13.3 Å². The molecular formula is C5H14ClNO. The molecule has 0 spiro atoms. The number of hydrogen-bond donors (Lipinski definition) is 1. The van der Waals surface area contributed by atoms with E-state index in [1.165, 1.54) is 19.5 Å². The number of hydrogen-bond acceptors (Lipinski definition) is 1. The summed E-state index contributed by atoms with van der Waals surface area (Å²) in [6.45, 7) is 4.75. The first kappa shape index (κ1) is 11.1. The van der Waals surface area contributed by atoms with Gasteiger partial charge in [-0.15, -0.1) is 12.4 Å². The van der Waals surface area contributed by atoms with Gasteiger partial charge in [-0.2, -0.15) is 0 Å². The second-order valence-electron chi connectivity index (χ2n) is 2.10. The maximum absolute atomic E-state index is 3.27. The van der Waals surface area contributed by atoms with Crippen LogP contribution in [0.2, 0.25) is 0 Å². The first-order valence-electron chi connectivity index (χ1n) is 2.60. The van der Waals surface area contributed by atoms with E-state index in [1.54, 1.807) is 0 Å². The van der Waals surface area contributed by atoms with Crippen LogP contribution in [0.5, 0.6) is 0 Å². The monoisotopic (exact) mass is 139 g/mol. The van der Waals surface area contributed by atoms with E-state index in [1.807, 2.05) is 0 Å². The molecule has 1 saturated heterocycles. The molecule has 1 fully saturated rings. The molecule has 0 aromatic carbocycles. The van der Waals surface area contributed by atoms with Gasteiger partial charge >= 0.3 is 0 Å². The zero-order chi connectivity index (χ0) is 4.41. The Hall–Kier alpha value is 0.210. The van der Waals surface area contributed by atoms with Crippen molar-refractivity contribution in [3.63, 3.8) is 0 Å². The van der Waals surface area contributed by atoms with E-state index >= 15 is 0 Å². The minimum absolute atomic E-state index is 0. The smallest absolute Gasteiger partial charge is 0.00227 e. The molecule has 0 aromatic rings. The van der Waals surface area contributed by atoms with E-state index in [2.05, 4.69) is 12.2 Å². The van der Waals surface area contributed by atoms with E-state index in [0.29, 0.717) is 0 Å². The third-order valence-corrected chi connectivity index (χ3v) is 1.31. The molecule has 0 aromatic heterocycles. The summed E-state index contributed by atoms with van der Waals surface area (Å²) in [4.78, 5) is 0. The molecule has 1 heterocycles. The summed E-state index contributed by atoms with van der Waals surface area (Å²) < 4.78 is 0. The number of rotatable bonds is 0. The van der Waals surface area contributed by atoms with Gasteiger partial charge in [-0.3, -0.25) is 0 Å². The zero-order valence-electron chi connectivity index (χ0n) is 5.11. The lowest BCUT2D eigenvalue weighted by Gasteiger charge is -1.90. The van der Waals surface area contributed by atoms with Crippen molar-refractivity contribution in [2.24, 2.45) is 5.92 Å². The van der Waals surface area contributed by atoms with E-state index < -0.39 is 0 Å². The molecule has 8 heavy (non-hydrogen) atoms. The Morgan fingerprint density at radius 3 is 2.25 bits per heavy atom. The molecule has 0 bridgehead atoms. The molecular weight excluding hydrogens is 126 g/mol. The fourth-order valence-electron chi connectivity index (χ4n) is 0.799. The van der Waals surface area contributed by atoms with Crippen molar-refractivity contribution in [1.82, 2.24) is 5.32 Å². The molecule has 0 saturated carbocycles. The van der Waals surface area contributed by atoms with Crippen LogP contribution >= 0.6 is 12.4 Å². The first-order valence-corrected chi connectivity index (χ1v) is 2.60. The van der Waals surface area contributed by atoms with E-state index in [-0.39, 0.29) is 17.9 Å². The predicted octanol–water partition coefficient (Wildman–Crippen LogP) is 0.213. The molecule has 0 aliphatic carbocycles. The highest BCUT2D eigenvalue weighted by Gasteiger charge is 2.06. The second-order valence-corrected chi connectivity index (χ2v) is 2.10. The minimum Gasteiger partial charge on any atom is -0.412 e. The SMILES string of the molecule is C[C@H]1CCNC1.Cl.O. The van der Waals surface area contributed by atoms with Gasteiger partial charge in [0.2, 0.25) is 0 Å².